The number of amides is 1. The Kier molecular flexibility index (Phi) is 4.99. The first kappa shape index (κ1) is 14.8. The van der Waals surface area contributed by atoms with Crippen LogP contribution >= 0.6 is 0 Å². The summed E-state index contributed by atoms with van der Waals surface area (Å²) in [6.45, 7) is 6.18. The Morgan fingerprint density at radius 2 is 2.10 bits per heavy atom. The van der Waals surface area contributed by atoms with Gasteiger partial charge in [-0.2, -0.15) is 0 Å². The SMILES string of the molecule is CC(C)C(=O)N1CCC(CCOc2ccc(F)cc2)C1. The molecule has 2 rings (SSSR count). The molecule has 20 heavy (non-hydrogen) atoms. The van der Waals surface area contributed by atoms with Crippen molar-refractivity contribution in [3.8, 4) is 5.75 Å². The third kappa shape index (κ3) is 3.95. The minimum atomic E-state index is -0.254. The predicted molar refractivity (Wildman–Crippen MR) is 76.0 cm³/mol. The van der Waals surface area contributed by atoms with Crippen LogP contribution in [-0.2, 0) is 4.79 Å². The molecule has 0 saturated carbocycles. The summed E-state index contributed by atoms with van der Waals surface area (Å²) >= 11 is 0. The molecule has 0 aliphatic carbocycles. The highest BCUT2D eigenvalue weighted by Crippen LogP contribution is 2.22. The van der Waals surface area contributed by atoms with Crippen molar-refractivity contribution in [2.45, 2.75) is 26.7 Å². The van der Waals surface area contributed by atoms with Crippen LogP contribution in [0.2, 0.25) is 0 Å². The average molecular weight is 279 g/mol. The molecule has 0 N–H and O–H groups in total. The average Bonchev–Trinajstić information content (AvgIpc) is 2.89. The van der Waals surface area contributed by atoms with Crippen molar-refractivity contribution >= 4 is 5.91 Å². The molecule has 3 nitrogen and oxygen atoms in total. The Hall–Kier alpha value is -1.58. The second-order valence-electron chi connectivity index (χ2n) is 5.68. The molecule has 1 aliphatic heterocycles. The van der Waals surface area contributed by atoms with Crippen LogP contribution in [0.4, 0.5) is 4.39 Å². The number of benzene rings is 1. The third-order valence-corrected chi connectivity index (χ3v) is 3.70. The van der Waals surface area contributed by atoms with Gasteiger partial charge in [0.1, 0.15) is 11.6 Å². The lowest BCUT2D eigenvalue weighted by atomic mass is 10.1. The predicted octanol–water partition coefficient (Wildman–Crippen LogP) is 3.10. The molecular weight excluding hydrogens is 257 g/mol. The summed E-state index contributed by atoms with van der Waals surface area (Å²) in [5.74, 6) is 1.27. The van der Waals surface area contributed by atoms with Gasteiger partial charge in [0.15, 0.2) is 0 Å². The zero-order chi connectivity index (χ0) is 14.5. The fraction of sp³-hybridized carbons (Fsp3) is 0.562. The standard InChI is InChI=1S/C16H22FNO2/c1-12(2)16(19)18-9-7-13(11-18)8-10-20-15-5-3-14(17)4-6-15/h3-6,12-13H,7-11H2,1-2H3. The van der Waals surface area contributed by atoms with E-state index in [0.29, 0.717) is 18.3 Å². The number of ether oxygens (including phenoxy) is 1. The summed E-state index contributed by atoms with van der Waals surface area (Å²) in [7, 11) is 0. The summed E-state index contributed by atoms with van der Waals surface area (Å²) in [5, 5.41) is 0. The van der Waals surface area contributed by atoms with Crippen molar-refractivity contribution in [3.63, 3.8) is 0 Å². The Morgan fingerprint density at radius 3 is 2.75 bits per heavy atom. The fourth-order valence-corrected chi connectivity index (χ4v) is 2.51. The molecule has 4 heteroatoms. The van der Waals surface area contributed by atoms with E-state index < -0.39 is 0 Å². The number of carbonyl (C=O) groups is 1. The molecule has 1 atom stereocenters. The van der Waals surface area contributed by atoms with E-state index >= 15 is 0 Å². The van der Waals surface area contributed by atoms with Gasteiger partial charge in [-0.05, 0) is 43.0 Å². The zero-order valence-corrected chi connectivity index (χ0v) is 12.1. The lowest BCUT2D eigenvalue weighted by Crippen LogP contribution is -2.32. The fourth-order valence-electron chi connectivity index (χ4n) is 2.51. The van der Waals surface area contributed by atoms with E-state index in [1.54, 1.807) is 12.1 Å². The highest BCUT2D eigenvalue weighted by Gasteiger charge is 2.27. The molecule has 1 fully saturated rings. The monoisotopic (exact) mass is 279 g/mol. The number of likely N-dealkylation sites (tertiary alicyclic amines) is 1. The quantitative estimate of drug-likeness (QED) is 0.829. The first-order chi connectivity index (χ1) is 9.56. The van der Waals surface area contributed by atoms with Gasteiger partial charge < -0.3 is 9.64 Å². The van der Waals surface area contributed by atoms with Crippen molar-refractivity contribution in [1.29, 1.82) is 0 Å². The molecule has 1 heterocycles. The third-order valence-electron chi connectivity index (χ3n) is 3.70. The van der Waals surface area contributed by atoms with Gasteiger partial charge in [0, 0.05) is 19.0 Å². The van der Waals surface area contributed by atoms with Crippen LogP contribution in [-0.4, -0.2) is 30.5 Å². The normalized spacial score (nSPS) is 18.6. The minimum absolute atomic E-state index is 0.0733. The van der Waals surface area contributed by atoms with E-state index in [9.17, 15) is 9.18 Å². The van der Waals surface area contributed by atoms with Gasteiger partial charge in [-0.3, -0.25) is 4.79 Å². The molecular formula is C16H22FNO2. The number of hydrogen-bond donors (Lipinski definition) is 0. The van der Waals surface area contributed by atoms with Crippen LogP contribution in [0, 0.1) is 17.7 Å². The zero-order valence-electron chi connectivity index (χ0n) is 12.1. The van der Waals surface area contributed by atoms with E-state index in [1.807, 2.05) is 18.7 Å². The maximum Gasteiger partial charge on any atom is 0.225 e. The topological polar surface area (TPSA) is 29.5 Å². The lowest BCUT2D eigenvalue weighted by Gasteiger charge is -2.18. The molecule has 1 unspecified atom stereocenters. The second kappa shape index (κ2) is 6.73. The first-order valence-electron chi connectivity index (χ1n) is 7.23. The highest BCUT2D eigenvalue weighted by molar-refractivity contribution is 5.78. The van der Waals surface area contributed by atoms with Crippen molar-refractivity contribution in [2.24, 2.45) is 11.8 Å². The van der Waals surface area contributed by atoms with Gasteiger partial charge in [-0.15, -0.1) is 0 Å². The smallest absolute Gasteiger partial charge is 0.225 e. The maximum absolute atomic E-state index is 12.7. The molecule has 1 aliphatic rings. The van der Waals surface area contributed by atoms with Gasteiger partial charge in [-0.1, -0.05) is 13.8 Å². The van der Waals surface area contributed by atoms with Crippen molar-refractivity contribution in [3.05, 3.63) is 30.1 Å². The molecule has 1 saturated heterocycles. The molecule has 0 bridgehead atoms. The summed E-state index contributed by atoms with van der Waals surface area (Å²) in [4.78, 5) is 13.8. The van der Waals surface area contributed by atoms with Crippen molar-refractivity contribution < 1.29 is 13.9 Å². The summed E-state index contributed by atoms with van der Waals surface area (Å²) < 4.78 is 18.3. The Labute approximate surface area is 119 Å². The second-order valence-corrected chi connectivity index (χ2v) is 5.68. The molecule has 0 aromatic heterocycles. The van der Waals surface area contributed by atoms with Crippen LogP contribution in [0.5, 0.6) is 5.75 Å². The molecule has 110 valence electrons. The van der Waals surface area contributed by atoms with Crippen molar-refractivity contribution in [1.82, 2.24) is 4.90 Å². The van der Waals surface area contributed by atoms with E-state index in [0.717, 1.165) is 25.9 Å². The number of carbonyl (C=O) groups excluding carboxylic acids is 1. The Morgan fingerprint density at radius 1 is 1.40 bits per heavy atom. The van der Waals surface area contributed by atoms with Gasteiger partial charge >= 0.3 is 0 Å². The first-order valence-corrected chi connectivity index (χ1v) is 7.23. The van der Waals surface area contributed by atoms with Gasteiger partial charge in [-0.25, -0.2) is 4.39 Å². The lowest BCUT2D eigenvalue weighted by molar-refractivity contribution is -0.133. The summed E-state index contributed by atoms with van der Waals surface area (Å²) in [5.41, 5.74) is 0. The molecule has 0 radical (unpaired) electrons. The minimum Gasteiger partial charge on any atom is -0.494 e. The van der Waals surface area contributed by atoms with Crippen LogP contribution in [0.15, 0.2) is 24.3 Å². The molecule has 1 aromatic carbocycles. The molecule has 1 amide bonds. The molecule has 0 spiro atoms. The summed E-state index contributed by atoms with van der Waals surface area (Å²) in [6, 6.07) is 6.07. The van der Waals surface area contributed by atoms with Crippen LogP contribution < -0.4 is 4.74 Å². The van der Waals surface area contributed by atoms with Gasteiger partial charge in [0.2, 0.25) is 5.91 Å². The van der Waals surface area contributed by atoms with E-state index in [1.165, 1.54) is 12.1 Å². The number of nitrogens with zero attached hydrogens (tertiary/aromatic N) is 1. The van der Waals surface area contributed by atoms with Crippen molar-refractivity contribution in [2.75, 3.05) is 19.7 Å². The Bertz CT molecular complexity index is 444. The van der Waals surface area contributed by atoms with Crippen LogP contribution in [0.3, 0.4) is 0 Å². The van der Waals surface area contributed by atoms with E-state index in [2.05, 4.69) is 0 Å². The largest absolute Gasteiger partial charge is 0.494 e. The highest BCUT2D eigenvalue weighted by atomic mass is 19.1. The Balaban J connectivity index is 1.71. The van der Waals surface area contributed by atoms with Crippen LogP contribution in [0.25, 0.3) is 0 Å². The number of halogens is 1. The van der Waals surface area contributed by atoms with Crippen LogP contribution in [0.1, 0.15) is 26.7 Å². The van der Waals surface area contributed by atoms with E-state index in [-0.39, 0.29) is 17.6 Å². The molecule has 1 aromatic rings. The van der Waals surface area contributed by atoms with Gasteiger partial charge in [0.05, 0.1) is 6.61 Å². The van der Waals surface area contributed by atoms with E-state index in [4.69, 9.17) is 4.74 Å². The number of hydrogen-bond acceptors (Lipinski definition) is 2. The van der Waals surface area contributed by atoms with Gasteiger partial charge in [0.25, 0.3) is 0 Å². The summed E-state index contributed by atoms with van der Waals surface area (Å²) in [6.07, 6.45) is 1.98. The maximum atomic E-state index is 12.7. The number of rotatable bonds is 5.